The molecule has 0 radical (unpaired) electrons. The van der Waals surface area contributed by atoms with Crippen molar-refractivity contribution in [2.45, 2.75) is 26.2 Å². The molecule has 0 aliphatic carbocycles. The molecule has 0 unspecified atom stereocenters. The normalized spacial score (nSPS) is 14.7. The molecule has 1 aliphatic heterocycles. The van der Waals surface area contributed by atoms with Gasteiger partial charge in [-0.15, -0.1) is 0 Å². The van der Waals surface area contributed by atoms with Crippen molar-refractivity contribution >= 4 is 23.3 Å². The Morgan fingerprint density at radius 1 is 0.759 bits per heavy atom. The second-order valence-corrected chi connectivity index (χ2v) is 8.35. The van der Waals surface area contributed by atoms with Gasteiger partial charge in [0.25, 0.3) is 0 Å². The summed E-state index contributed by atoms with van der Waals surface area (Å²) in [4.78, 5) is 18.2. The van der Waals surface area contributed by atoms with Crippen LogP contribution in [0.15, 0.2) is 60.9 Å². The lowest BCUT2D eigenvalue weighted by Crippen LogP contribution is -2.47. The van der Waals surface area contributed by atoms with E-state index in [1.807, 2.05) is 30.6 Å². The minimum Gasteiger partial charge on any atom is -0.353 e. The van der Waals surface area contributed by atoms with Gasteiger partial charge in [0.2, 0.25) is 5.95 Å². The summed E-state index contributed by atoms with van der Waals surface area (Å²) in [7, 11) is 0. The van der Waals surface area contributed by atoms with Crippen LogP contribution >= 0.6 is 0 Å². The van der Waals surface area contributed by atoms with Gasteiger partial charge in [-0.2, -0.15) is 4.98 Å². The van der Waals surface area contributed by atoms with Crippen LogP contribution in [-0.4, -0.2) is 41.1 Å². The lowest BCUT2D eigenvalue weighted by Gasteiger charge is -2.36. The van der Waals surface area contributed by atoms with Gasteiger partial charge in [0.1, 0.15) is 11.6 Å². The molecule has 150 valence electrons. The number of nitrogens with zero attached hydrogens (tertiary/aromatic N) is 5. The van der Waals surface area contributed by atoms with Gasteiger partial charge >= 0.3 is 0 Å². The highest BCUT2D eigenvalue weighted by molar-refractivity contribution is 5.56. The summed E-state index contributed by atoms with van der Waals surface area (Å²) < 4.78 is 0. The van der Waals surface area contributed by atoms with Crippen LogP contribution in [0.4, 0.5) is 23.3 Å². The minimum absolute atomic E-state index is 0.145. The van der Waals surface area contributed by atoms with E-state index >= 15 is 0 Å². The fraction of sp³-hybridized carbons (Fsp3) is 0.348. The highest BCUT2D eigenvalue weighted by atomic mass is 15.3. The minimum atomic E-state index is 0.145. The zero-order valence-electron chi connectivity index (χ0n) is 17.3. The van der Waals surface area contributed by atoms with Crippen LogP contribution in [0.1, 0.15) is 26.3 Å². The average molecular weight is 389 g/mol. The monoisotopic (exact) mass is 388 g/mol. The molecule has 1 saturated heterocycles. The molecule has 6 nitrogen and oxygen atoms in total. The summed E-state index contributed by atoms with van der Waals surface area (Å²) in [6.07, 6.45) is 3.66. The first-order valence-electron chi connectivity index (χ1n) is 10.1. The van der Waals surface area contributed by atoms with Gasteiger partial charge in [-0.3, -0.25) is 0 Å². The Morgan fingerprint density at radius 2 is 1.45 bits per heavy atom. The van der Waals surface area contributed by atoms with Gasteiger partial charge < -0.3 is 15.1 Å². The zero-order valence-corrected chi connectivity index (χ0v) is 17.3. The van der Waals surface area contributed by atoms with E-state index < -0.39 is 0 Å². The number of benzene rings is 1. The Labute approximate surface area is 172 Å². The highest BCUT2D eigenvalue weighted by Gasteiger charge is 2.19. The molecule has 0 atom stereocenters. The second kappa shape index (κ2) is 8.07. The molecular weight excluding hydrogens is 360 g/mol. The maximum atomic E-state index is 4.73. The molecule has 1 aromatic carbocycles. The van der Waals surface area contributed by atoms with Crippen LogP contribution in [0, 0.1) is 0 Å². The number of hydrogen-bond donors (Lipinski definition) is 1. The number of anilines is 4. The number of pyridine rings is 1. The molecule has 3 heterocycles. The van der Waals surface area contributed by atoms with Crippen molar-refractivity contribution in [1.82, 2.24) is 15.0 Å². The maximum Gasteiger partial charge on any atom is 0.229 e. The van der Waals surface area contributed by atoms with Crippen molar-refractivity contribution in [3.8, 4) is 0 Å². The summed E-state index contributed by atoms with van der Waals surface area (Å²) in [6.45, 7) is 10.3. The third kappa shape index (κ3) is 4.65. The Kier molecular flexibility index (Phi) is 5.34. The first kappa shape index (κ1) is 19.2. The lowest BCUT2D eigenvalue weighted by atomic mass is 9.87. The van der Waals surface area contributed by atoms with E-state index in [0.29, 0.717) is 5.95 Å². The summed E-state index contributed by atoms with van der Waals surface area (Å²) in [5.74, 6) is 2.61. The van der Waals surface area contributed by atoms with Crippen molar-refractivity contribution in [2.24, 2.45) is 0 Å². The van der Waals surface area contributed by atoms with Crippen molar-refractivity contribution in [2.75, 3.05) is 41.3 Å². The van der Waals surface area contributed by atoms with Gasteiger partial charge in [0, 0.05) is 44.3 Å². The van der Waals surface area contributed by atoms with E-state index in [1.54, 1.807) is 0 Å². The van der Waals surface area contributed by atoms with E-state index in [1.165, 1.54) is 5.56 Å². The highest BCUT2D eigenvalue weighted by Crippen LogP contribution is 2.25. The SMILES string of the molecule is CC(C)(C)c1ccc(Nc2nccc(N3CCN(c4ccccn4)CC3)n2)cc1. The molecule has 0 bridgehead atoms. The molecule has 2 aromatic heterocycles. The molecule has 29 heavy (non-hydrogen) atoms. The van der Waals surface area contributed by atoms with Crippen LogP contribution in [0.5, 0.6) is 0 Å². The predicted molar refractivity (Wildman–Crippen MR) is 119 cm³/mol. The third-order valence-electron chi connectivity index (χ3n) is 5.22. The molecule has 0 saturated carbocycles. The average Bonchev–Trinajstić information content (AvgIpc) is 2.74. The third-order valence-corrected chi connectivity index (χ3v) is 5.22. The van der Waals surface area contributed by atoms with Crippen LogP contribution in [-0.2, 0) is 5.41 Å². The Bertz CT molecular complexity index is 926. The molecule has 1 aliphatic rings. The first-order valence-corrected chi connectivity index (χ1v) is 10.1. The number of aromatic nitrogens is 3. The molecule has 3 aromatic rings. The van der Waals surface area contributed by atoms with Crippen molar-refractivity contribution in [3.05, 3.63) is 66.5 Å². The van der Waals surface area contributed by atoms with E-state index in [9.17, 15) is 0 Å². The maximum absolute atomic E-state index is 4.73. The fourth-order valence-corrected chi connectivity index (χ4v) is 3.47. The molecule has 4 rings (SSSR count). The number of rotatable bonds is 4. The molecule has 1 fully saturated rings. The van der Waals surface area contributed by atoms with E-state index in [4.69, 9.17) is 4.98 Å². The van der Waals surface area contributed by atoms with Crippen LogP contribution in [0.2, 0.25) is 0 Å². The van der Waals surface area contributed by atoms with Crippen LogP contribution in [0.25, 0.3) is 0 Å². The summed E-state index contributed by atoms with van der Waals surface area (Å²) in [6, 6.07) is 16.5. The molecule has 0 amide bonds. The topological polar surface area (TPSA) is 57.2 Å². The number of hydrogen-bond acceptors (Lipinski definition) is 6. The summed E-state index contributed by atoms with van der Waals surface area (Å²) in [5, 5.41) is 3.33. The zero-order chi connectivity index (χ0) is 20.3. The molecule has 0 spiro atoms. The largest absolute Gasteiger partial charge is 0.353 e. The van der Waals surface area contributed by atoms with Gasteiger partial charge in [-0.05, 0) is 41.3 Å². The standard InChI is InChI=1S/C23H28N6/c1-23(2,3)18-7-9-19(10-8-18)26-22-25-13-11-21(27-22)29-16-14-28(15-17-29)20-6-4-5-12-24-20/h4-13H,14-17H2,1-3H3,(H,25,26,27). The Hall–Kier alpha value is -3.15. The summed E-state index contributed by atoms with van der Waals surface area (Å²) in [5.41, 5.74) is 2.45. The molecule has 1 N–H and O–H groups in total. The van der Waals surface area contributed by atoms with E-state index in [0.717, 1.165) is 43.5 Å². The van der Waals surface area contributed by atoms with Gasteiger partial charge in [-0.1, -0.05) is 39.0 Å². The van der Waals surface area contributed by atoms with Crippen molar-refractivity contribution in [3.63, 3.8) is 0 Å². The summed E-state index contributed by atoms with van der Waals surface area (Å²) >= 11 is 0. The van der Waals surface area contributed by atoms with Gasteiger partial charge in [0.05, 0.1) is 0 Å². The Balaban J connectivity index is 1.40. The van der Waals surface area contributed by atoms with Crippen LogP contribution < -0.4 is 15.1 Å². The fourth-order valence-electron chi connectivity index (χ4n) is 3.47. The van der Waals surface area contributed by atoms with Crippen molar-refractivity contribution < 1.29 is 0 Å². The molecular formula is C23H28N6. The Morgan fingerprint density at radius 3 is 2.07 bits per heavy atom. The first-order chi connectivity index (χ1) is 14.0. The van der Waals surface area contributed by atoms with Crippen LogP contribution in [0.3, 0.4) is 0 Å². The van der Waals surface area contributed by atoms with Crippen molar-refractivity contribution in [1.29, 1.82) is 0 Å². The number of piperazine rings is 1. The second-order valence-electron chi connectivity index (χ2n) is 8.35. The number of nitrogens with one attached hydrogen (secondary N) is 1. The van der Waals surface area contributed by atoms with E-state index in [2.05, 4.69) is 76.2 Å². The van der Waals surface area contributed by atoms with Gasteiger partial charge in [-0.25, -0.2) is 9.97 Å². The lowest BCUT2D eigenvalue weighted by molar-refractivity contribution is 0.590. The quantitative estimate of drug-likeness (QED) is 0.721. The smallest absolute Gasteiger partial charge is 0.229 e. The van der Waals surface area contributed by atoms with Gasteiger partial charge in [0.15, 0.2) is 0 Å². The predicted octanol–water partition coefficient (Wildman–Crippen LogP) is 4.24. The molecule has 6 heteroatoms. The van der Waals surface area contributed by atoms with E-state index in [-0.39, 0.29) is 5.41 Å².